The van der Waals surface area contributed by atoms with Gasteiger partial charge in [0.05, 0.1) is 5.69 Å². The van der Waals surface area contributed by atoms with E-state index in [1.54, 1.807) is 25.1 Å². The zero-order chi connectivity index (χ0) is 16.4. The number of carbonyl (C=O) groups is 2. The van der Waals surface area contributed by atoms with Crippen molar-refractivity contribution in [2.45, 2.75) is 51.1 Å². The summed E-state index contributed by atoms with van der Waals surface area (Å²) in [7, 11) is 0. The summed E-state index contributed by atoms with van der Waals surface area (Å²) in [4.78, 5) is 26.3. The van der Waals surface area contributed by atoms with Crippen molar-refractivity contribution in [2.75, 3.05) is 11.5 Å². The van der Waals surface area contributed by atoms with Gasteiger partial charge in [0.2, 0.25) is 5.91 Å². The number of hydrogen-bond donors (Lipinski definition) is 1. The fourth-order valence-electron chi connectivity index (χ4n) is 3.25. The highest BCUT2D eigenvalue weighted by Crippen LogP contribution is 2.35. The maximum atomic E-state index is 12.6. The predicted octanol–water partition coefficient (Wildman–Crippen LogP) is 2.90. The van der Waals surface area contributed by atoms with E-state index in [-0.39, 0.29) is 24.5 Å². The van der Waals surface area contributed by atoms with Gasteiger partial charge in [0.25, 0.3) is 5.91 Å². The average molecular weight is 337 g/mol. The molecule has 1 atom stereocenters. The van der Waals surface area contributed by atoms with Crippen molar-refractivity contribution in [2.24, 2.45) is 0 Å². The van der Waals surface area contributed by atoms with E-state index in [1.165, 1.54) is 11.3 Å². The van der Waals surface area contributed by atoms with Crippen LogP contribution in [0.1, 0.15) is 39.0 Å². The maximum Gasteiger partial charge on any atom is 0.265 e. The molecule has 6 heteroatoms. The van der Waals surface area contributed by atoms with Gasteiger partial charge in [-0.05, 0) is 38.0 Å². The van der Waals surface area contributed by atoms with Crippen LogP contribution >= 0.6 is 11.6 Å². The molecular weight excluding hydrogens is 316 g/mol. The van der Waals surface area contributed by atoms with Crippen molar-refractivity contribution in [3.63, 3.8) is 0 Å². The van der Waals surface area contributed by atoms with Gasteiger partial charge in [-0.1, -0.05) is 30.9 Å². The lowest BCUT2D eigenvalue weighted by atomic mass is 9.95. The fourth-order valence-corrected chi connectivity index (χ4v) is 3.42. The average Bonchev–Trinajstić information content (AvgIpc) is 2.55. The SMILES string of the molecule is CC(C(=O)NC1CCCCC1)N1C(=O)COc2ccc(Cl)cc21. The van der Waals surface area contributed by atoms with Gasteiger partial charge in [-0.3, -0.25) is 14.5 Å². The third-order valence-corrected chi connectivity index (χ3v) is 4.75. The molecular formula is C17H21ClN2O3. The predicted molar refractivity (Wildman–Crippen MR) is 88.9 cm³/mol. The monoisotopic (exact) mass is 336 g/mol. The molecule has 0 spiro atoms. The number of nitrogens with one attached hydrogen (secondary N) is 1. The van der Waals surface area contributed by atoms with Crippen LogP contribution in [0, 0.1) is 0 Å². The van der Waals surface area contributed by atoms with Gasteiger partial charge >= 0.3 is 0 Å². The number of carbonyl (C=O) groups excluding carboxylic acids is 2. The number of ether oxygens (including phenoxy) is 1. The second kappa shape index (κ2) is 6.79. The molecule has 0 radical (unpaired) electrons. The van der Waals surface area contributed by atoms with Crippen LogP contribution in [0.5, 0.6) is 5.75 Å². The van der Waals surface area contributed by atoms with Crippen LogP contribution in [-0.4, -0.2) is 30.5 Å². The van der Waals surface area contributed by atoms with E-state index in [1.807, 2.05) is 0 Å². The lowest BCUT2D eigenvalue weighted by Gasteiger charge is -2.34. The topological polar surface area (TPSA) is 58.6 Å². The van der Waals surface area contributed by atoms with Crippen molar-refractivity contribution < 1.29 is 14.3 Å². The van der Waals surface area contributed by atoms with Gasteiger partial charge < -0.3 is 10.1 Å². The van der Waals surface area contributed by atoms with Crippen LogP contribution in [0.2, 0.25) is 5.02 Å². The Morgan fingerprint density at radius 1 is 1.35 bits per heavy atom. The summed E-state index contributed by atoms with van der Waals surface area (Å²) in [5, 5.41) is 3.58. The quantitative estimate of drug-likeness (QED) is 0.923. The number of hydrogen-bond acceptors (Lipinski definition) is 3. The molecule has 1 unspecified atom stereocenters. The van der Waals surface area contributed by atoms with Crippen molar-refractivity contribution in [3.8, 4) is 5.75 Å². The molecule has 1 heterocycles. The third-order valence-electron chi connectivity index (χ3n) is 4.52. The zero-order valence-corrected chi connectivity index (χ0v) is 13.9. The molecule has 1 saturated carbocycles. The van der Waals surface area contributed by atoms with E-state index in [0.29, 0.717) is 16.5 Å². The van der Waals surface area contributed by atoms with Crippen molar-refractivity contribution in [1.29, 1.82) is 0 Å². The number of anilines is 1. The lowest BCUT2D eigenvalue weighted by Crippen LogP contribution is -2.53. The van der Waals surface area contributed by atoms with Gasteiger partial charge in [0.15, 0.2) is 6.61 Å². The number of fused-ring (bicyclic) bond motifs is 1. The van der Waals surface area contributed by atoms with Crippen molar-refractivity contribution >= 4 is 29.1 Å². The first-order valence-electron chi connectivity index (χ1n) is 8.11. The van der Waals surface area contributed by atoms with Crippen LogP contribution in [0.3, 0.4) is 0 Å². The summed E-state index contributed by atoms with van der Waals surface area (Å²) in [6, 6.07) is 4.72. The van der Waals surface area contributed by atoms with Crippen LogP contribution in [0.25, 0.3) is 0 Å². The van der Waals surface area contributed by atoms with E-state index < -0.39 is 6.04 Å². The smallest absolute Gasteiger partial charge is 0.265 e. The second-order valence-corrected chi connectivity index (χ2v) is 6.62. The zero-order valence-electron chi connectivity index (χ0n) is 13.2. The van der Waals surface area contributed by atoms with Crippen LogP contribution < -0.4 is 15.0 Å². The Morgan fingerprint density at radius 2 is 2.09 bits per heavy atom. The minimum Gasteiger partial charge on any atom is -0.482 e. The standard InChI is InChI=1S/C17H21ClN2O3/c1-11(17(22)19-13-5-3-2-4-6-13)20-14-9-12(18)7-8-15(14)23-10-16(20)21/h7-9,11,13H,2-6,10H2,1H3,(H,19,22). The summed E-state index contributed by atoms with van der Waals surface area (Å²) < 4.78 is 5.42. The summed E-state index contributed by atoms with van der Waals surface area (Å²) >= 11 is 6.04. The second-order valence-electron chi connectivity index (χ2n) is 6.18. The highest BCUT2D eigenvalue weighted by Gasteiger charge is 2.34. The first-order chi connectivity index (χ1) is 11.1. The Hall–Kier alpha value is -1.75. The molecule has 1 aromatic carbocycles. The Balaban J connectivity index is 1.78. The van der Waals surface area contributed by atoms with Crippen LogP contribution in [-0.2, 0) is 9.59 Å². The van der Waals surface area contributed by atoms with Gasteiger partial charge in [0, 0.05) is 11.1 Å². The van der Waals surface area contributed by atoms with E-state index in [9.17, 15) is 9.59 Å². The van der Waals surface area contributed by atoms with Gasteiger partial charge in [0.1, 0.15) is 11.8 Å². The largest absolute Gasteiger partial charge is 0.482 e. The van der Waals surface area contributed by atoms with Gasteiger partial charge in [-0.25, -0.2) is 0 Å². The highest BCUT2D eigenvalue weighted by atomic mass is 35.5. The number of rotatable bonds is 3. The first kappa shape index (κ1) is 16.1. The summed E-state index contributed by atoms with van der Waals surface area (Å²) in [6.45, 7) is 1.68. The molecule has 1 N–H and O–H groups in total. The molecule has 1 fully saturated rings. The van der Waals surface area contributed by atoms with Crippen molar-refractivity contribution in [3.05, 3.63) is 23.2 Å². The van der Waals surface area contributed by atoms with E-state index in [0.717, 1.165) is 25.7 Å². The summed E-state index contributed by atoms with van der Waals surface area (Å²) in [5.41, 5.74) is 0.556. The maximum absolute atomic E-state index is 12.6. The molecule has 124 valence electrons. The van der Waals surface area contributed by atoms with Crippen molar-refractivity contribution in [1.82, 2.24) is 5.32 Å². The molecule has 2 aliphatic rings. The highest BCUT2D eigenvalue weighted by molar-refractivity contribution is 6.31. The molecule has 1 aliphatic carbocycles. The minimum atomic E-state index is -0.592. The van der Waals surface area contributed by atoms with Crippen LogP contribution in [0.15, 0.2) is 18.2 Å². The number of benzene rings is 1. The van der Waals surface area contributed by atoms with Crippen LogP contribution in [0.4, 0.5) is 5.69 Å². The molecule has 2 amide bonds. The molecule has 0 aromatic heterocycles. The summed E-state index contributed by atoms with van der Waals surface area (Å²) in [5.74, 6) is 0.218. The molecule has 1 aliphatic heterocycles. The molecule has 0 saturated heterocycles. The molecule has 23 heavy (non-hydrogen) atoms. The molecule has 1 aromatic rings. The number of nitrogens with zero attached hydrogens (tertiary/aromatic N) is 1. The Labute approximate surface area is 140 Å². The molecule has 0 bridgehead atoms. The van der Waals surface area contributed by atoms with Gasteiger partial charge in [-0.2, -0.15) is 0 Å². The molecule has 5 nitrogen and oxygen atoms in total. The minimum absolute atomic E-state index is 0.0598. The number of amides is 2. The fraction of sp³-hybridized carbons (Fsp3) is 0.529. The van der Waals surface area contributed by atoms with E-state index in [2.05, 4.69) is 5.32 Å². The van der Waals surface area contributed by atoms with E-state index in [4.69, 9.17) is 16.3 Å². The van der Waals surface area contributed by atoms with E-state index >= 15 is 0 Å². The Kier molecular flexibility index (Phi) is 4.76. The lowest BCUT2D eigenvalue weighted by molar-refractivity contribution is -0.128. The normalized spacial score (nSPS) is 19.7. The number of halogens is 1. The third kappa shape index (κ3) is 3.44. The Bertz CT molecular complexity index is 614. The summed E-state index contributed by atoms with van der Waals surface area (Å²) in [6.07, 6.45) is 5.55. The first-order valence-corrected chi connectivity index (χ1v) is 8.49. The molecule has 3 rings (SSSR count). The Morgan fingerprint density at radius 3 is 2.83 bits per heavy atom. The van der Waals surface area contributed by atoms with Gasteiger partial charge in [-0.15, -0.1) is 0 Å².